The van der Waals surface area contributed by atoms with Crippen LogP contribution < -0.4 is 5.32 Å². The number of aryl methyl sites for hydroxylation is 2. The number of amides is 3. The molecule has 3 aliphatic rings. The highest BCUT2D eigenvalue weighted by atomic mass is 16.5. The van der Waals surface area contributed by atoms with Gasteiger partial charge >= 0.3 is 5.97 Å². The molecule has 0 spiro atoms. The van der Waals surface area contributed by atoms with Crippen molar-refractivity contribution in [1.29, 1.82) is 0 Å². The van der Waals surface area contributed by atoms with Gasteiger partial charge in [-0.15, -0.1) is 0 Å². The zero-order valence-corrected chi connectivity index (χ0v) is 15.8. The maximum Gasteiger partial charge on any atom is 0.326 e. The summed E-state index contributed by atoms with van der Waals surface area (Å²) >= 11 is 0. The largest absolute Gasteiger partial charge is 0.454 e. The molecule has 3 amide bonds. The van der Waals surface area contributed by atoms with Gasteiger partial charge in [0.15, 0.2) is 6.61 Å². The summed E-state index contributed by atoms with van der Waals surface area (Å²) in [5.74, 6) is -2.35. The summed E-state index contributed by atoms with van der Waals surface area (Å²) in [5, 5.41) is 2.68. The van der Waals surface area contributed by atoms with Crippen molar-refractivity contribution in [3.8, 4) is 0 Å². The number of hydrogen-bond donors (Lipinski definition) is 1. The van der Waals surface area contributed by atoms with Crippen LogP contribution in [0.4, 0.5) is 5.69 Å². The molecule has 0 radical (unpaired) electrons. The molecule has 1 heterocycles. The number of imide groups is 1. The second-order valence-corrected chi connectivity index (χ2v) is 7.79. The first-order valence-electron chi connectivity index (χ1n) is 9.41. The van der Waals surface area contributed by atoms with E-state index in [0.717, 1.165) is 22.4 Å². The minimum Gasteiger partial charge on any atom is -0.454 e. The molecule has 1 saturated heterocycles. The van der Waals surface area contributed by atoms with Gasteiger partial charge in [0, 0.05) is 5.69 Å². The average molecular weight is 382 g/mol. The van der Waals surface area contributed by atoms with Crippen molar-refractivity contribution in [2.45, 2.75) is 20.3 Å². The molecule has 7 nitrogen and oxygen atoms in total. The highest BCUT2D eigenvalue weighted by molar-refractivity contribution is 6.08. The Hall–Kier alpha value is -2.96. The third-order valence-electron chi connectivity index (χ3n) is 5.87. The van der Waals surface area contributed by atoms with Gasteiger partial charge in [0.2, 0.25) is 11.8 Å². The van der Waals surface area contributed by atoms with E-state index < -0.39 is 25.0 Å². The quantitative estimate of drug-likeness (QED) is 0.474. The van der Waals surface area contributed by atoms with Gasteiger partial charge in [-0.1, -0.05) is 29.8 Å². The van der Waals surface area contributed by atoms with Crippen LogP contribution in [0.3, 0.4) is 0 Å². The summed E-state index contributed by atoms with van der Waals surface area (Å²) < 4.78 is 4.98. The monoisotopic (exact) mass is 382 g/mol. The van der Waals surface area contributed by atoms with Gasteiger partial charge in [-0.3, -0.25) is 24.1 Å². The lowest BCUT2D eigenvalue weighted by Gasteiger charge is -2.16. The predicted molar refractivity (Wildman–Crippen MR) is 99.9 cm³/mol. The van der Waals surface area contributed by atoms with Crippen LogP contribution in [0.2, 0.25) is 0 Å². The Morgan fingerprint density at radius 1 is 1.11 bits per heavy atom. The fourth-order valence-electron chi connectivity index (χ4n) is 4.58. The molecule has 7 heteroatoms. The fraction of sp³-hybridized carbons (Fsp3) is 0.429. The lowest BCUT2D eigenvalue weighted by atomic mass is 9.85. The molecule has 1 aromatic carbocycles. The summed E-state index contributed by atoms with van der Waals surface area (Å²) in [4.78, 5) is 50.2. The number of benzene rings is 1. The van der Waals surface area contributed by atoms with Gasteiger partial charge in [0.05, 0.1) is 11.8 Å². The molecule has 2 fully saturated rings. The van der Waals surface area contributed by atoms with Crippen LogP contribution in [0.15, 0.2) is 30.4 Å². The Balaban J connectivity index is 1.30. The van der Waals surface area contributed by atoms with Crippen molar-refractivity contribution in [2.24, 2.45) is 23.7 Å². The average Bonchev–Trinajstić information content (AvgIpc) is 3.32. The number of carbonyl (C=O) groups is 4. The number of carbonyl (C=O) groups excluding carboxylic acids is 4. The number of likely N-dealkylation sites (tertiary alicyclic amines) is 1. The number of esters is 1. The summed E-state index contributed by atoms with van der Waals surface area (Å²) in [6.45, 7) is 2.91. The van der Waals surface area contributed by atoms with Crippen molar-refractivity contribution in [2.75, 3.05) is 18.5 Å². The van der Waals surface area contributed by atoms with Crippen LogP contribution >= 0.6 is 0 Å². The topological polar surface area (TPSA) is 92.8 Å². The zero-order valence-electron chi connectivity index (χ0n) is 15.8. The van der Waals surface area contributed by atoms with Gasteiger partial charge in [-0.25, -0.2) is 0 Å². The molecule has 0 unspecified atom stereocenters. The van der Waals surface area contributed by atoms with Gasteiger partial charge in [-0.05, 0) is 43.7 Å². The van der Waals surface area contributed by atoms with E-state index in [1.54, 1.807) is 6.07 Å². The summed E-state index contributed by atoms with van der Waals surface area (Å²) in [6.07, 6.45) is 4.83. The zero-order chi connectivity index (χ0) is 20.0. The van der Waals surface area contributed by atoms with Crippen LogP contribution in [0.1, 0.15) is 17.5 Å². The summed E-state index contributed by atoms with van der Waals surface area (Å²) in [6, 6.07) is 5.59. The highest BCUT2D eigenvalue weighted by Crippen LogP contribution is 2.52. The minimum atomic E-state index is -0.766. The maximum atomic E-state index is 12.6. The van der Waals surface area contributed by atoms with E-state index in [9.17, 15) is 19.2 Å². The second kappa shape index (κ2) is 6.89. The van der Waals surface area contributed by atoms with E-state index in [1.807, 2.05) is 38.1 Å². The number of anilines is 1. The third kappa shape index (κ3) is 3.10. The van der Waals surface area contributed by atoms with Gasteiger partial charge < -0.3 is 10.1 Å². The molecule has 28 heavy (non-hydrogen) atoms. The van der Waals surface area contributed by atoms with Crippen molar-refractivity contribution in [1.82, 2.24) is 4.90 Å². The van der Waals surface area contributed by atoms with Crippen LogP contribution in [0, 0.1) is 37.5 Å². The number of nitrogens with one attached hydrogen (secondary N) is 1. The molecule has 1 saturated carbocycles. The lowest BCUT2D eigenvalue weighted by molar-refractivity contribution is -0.154. The number of fused-ring (bicyclic) bond motifs is 5. The molecule has 1 N–H and O–H groups in total. The Bertz CT molecular complexity index is 876. The van der Waals surface area contributed by atoms with Gasteiger partial charge in [0.25, 0.3) is 5.91 Å². The van der Waals surface area contributed by atoms with Crippen LogP contribution in [-0.2, 0) is 23.9 Å². The normalized spacial score (nSPS) is 27.3. The standard InChI is InChI=1S/C21H22N2O5/c1-11-3-6-15(12(2)7-11)22-16(24)10-28-17(25)9-23-20(26)18-13-4-5-14(8-13)19(18)21(23)27/h3-7,13-14,18-19H,8-10H2,1-2H3,(H,22,24)/t13-,14+,18-,19+. The van der Waals surface area contributed by atoms with E-state index >= 15 is 0 Å². The molecule has 0 aromatic heterocycles. The Morgan fingerprint density at radius 2 is 1.75 bits per heavy atom. The molecular weight excluding hydrogens is 360 g/mol. The number of hydrogen-bond acceptors (Lipinski definition) is 5. The molecular formula is C21H22N2O5. The summed E-state index contributed by atoms with van der Waals surface area (Å²) in [7, 11) is 0. The van der Waals surface area contributed by atoms with E-state index in [2.05, 4.69) is 5.32 Å². The predicted octanol–water partition coefficient (Wildman–Crippen LogP) is 1.59. The Morgan fingerprint density at radius 3 is 2.36 bits per heavy atom. The molecule has 146 valence electrons. The first-order chi connectivity index (χ1) is 13.3. The van der Waals surface area contributed by atoms with Crippen LogP contribution in [0.25, 0.3) is 0 Å². The maximum absolute atomic E-state index is 12.6. The Labute approximate surface area is 162 Å². The van der Waals surface area contributed by atoms with E-state index in [4.69, 9.17) is 4.74 Å². The SMILES string of the molecule is Cc1ccc(NC(=O)COC(=O)CN2C(=O)[C@@H]3[C@H](C2=O)[C@@H]2C=C[C@H]3C2)c(C)c1. The van der Waals surface area contributed by atoms with Crippen molar-refractivity contribution < 1.29 is 23.9 Å². The third-order valence-corrected chi connectivity index (χ3v) is 5.87. The first-order valence-corrected chi connectivity index (χ1v) is 9.41. The molecule has 2 aliphatic carbocycles. The molecule has 1 aromatic rings. The first kappa shape index (κ1) is 18.4. The molecule has 2 bridgehead atoms. The molecule has 1 aliphatic heterocycles. The smallest absolute Gasteiger partial charge is 0.326 e. The van der Waals surface area contributed by atoms with Crippen LogP contribution in [-0.4, -0.2) is 41.7 Å². The summed E-state index contributed by atoms with van der Waals surface area (Å²) in [5.41, 5.74) is 2.63. The molecule has 4 atom stereocenters. The number of ether oxygens (including phenoxy) is 1. The van der Waals surface area contributed by atoms with E-state index in [0.29, 0.717) is 5.69 Å². The van der Waals surface area contributed by atoms with E-state index in [1.165, 1.54) is 0 Å². The number of allylic oxidation sites excluding steroid dienone is 2. The number of nitrogens with zero attached hydrogens (tertiary/aromatic N) is 1. The van der Waals surface area contributed by atoms with Gasteiger partial charge in [-0.2, -0.15) is 0 Å². The Kier molecular flexibility index (Phi) is 4.53. The molecule has 4 rings (SSSR count). The minimum absolute atomic E-state index is 0.0935. The fourth-order valence-corrected chi connectivity index (χ4v) is 4.58. The van der Waals surface area contributed by atoms with Crippen LogP contribution in [0.5, 0.6) is 0 Å². The second-order valence-electron chi connectivity index (χ2n) is 7.79. The van der Waals surface area contributed by atoms with Gasteiger partial charge in [0.1, 0.15) is 6.54 Å². The van der Waals surface area contributed by atoms with Crippen molar-refractivity contribution in [3.05, 3.63) is 41.5 Å². The number of rotatable bonds is 5. The highest BCUT2D eigenvalue weighted by Gasteiger charge is 2.59. The lowest BCUT2D eigenvalue weighted by Crippen LogP contribution is -2.38. The van der Waals surface area contributed by atoms with E-state index in [-0.39, 0.29) is 35.5 Å². The van der Waals surface area contributed by atoms with Crippen molar-refractivity contribution in [3.63, 3.8) is 0 Å². The van der Waals surface area contributed by atoms with Crippen molar-refractivity contribution >= 4 is 29.4 Å².